The second-order valence-corrected chi connectivity index (χ2v) is 9.99. The van der Waals surface area contributed by atoms with Crippen LogP contribution in [0, 0.1) is 6.92 Å². The Kier molecular flexibility index (Phi) is 6.19. The molecule has 7 heteroatoms. The standard InChI is InChI=1S/C22H30N4O2S/c1-15-11-19(28)26(17-9-7-6-8-10-17)20(23-15)29-14-18(27)24-16-12-21(2,3)25-22(4,5)13-16/h6-11,16,25H,12-14H2,1-5H3,(H,24,27). The first kappa shape index (κ1) is 21.6. The van der Waals surface area contributed by atoms with Gasteiger partial charge in [0.05, 0.1) is 11.4 Å². The van der Waals surface area contributed by atoms with Crippen LogP contribution in [-0.4, -0.2) is 38.3 Å². The van der Waals surface area contributed by atoms with Gasteiger partial charge < -0.3 is 10.6 Å². The Morgan fingerprint density at radius 3 is 2.45 bits per heavy atom. The number of hydrogen-bond donors (Lipinski definition) is 2. The fourth-order valence-electron chi connectivity index (χ4n) is 4.31. The Morgan fingerprint density at radius 1 is 1.21 bits per heavy atom. The van der Waals surface area contributed by atoms with Crippen molar-refractivity contribution in [1.82, 2.24) is 20.2 Å². The zero-order chi connectivity index (χ0) is 21.2. The minimum absolute atomic E-state index is 0.0290. The number of nitrogens with zero attached hydrogens (tertiary/aromatic N) is 2. The molecule has 2 heterocycles. The van der Waals surface area contributed by atoms with Crippen LogP contribution < -0.4 is 16.2 Å². The minimum Gasteiger partial charge on any atom is -0.353 e. The number of benzene rings is 1. The second kappa shape index (κ2) is 8.32. The molecule has 29 heavy (non-hydrogen) atoms. The number of carbonyl (C=O) groups is 1. The van der Waals surface area contributed by atoms with Crippen molar-refractivity contribution in [2.45, 2.75) is 69.7 Å². The summed E-state index contributed by atoms with van der Waals surface area (Å²) in [5, 5.41) is 7.33. The van der Waals surface area contributed by atoms with Gasteiger partial charge in [0.15, 0.2) is 5.16 Å². The molecule has 1 aliphatic heterocycles. The van der Waals surface area contributed by atoms with Gasteiger partial charge in [0.1, 0.15) is 0 Å². The quantitative estimate of drug-likeness (QED) is 0.581. The van der Waals surface area contributed by atoms with Crippen molar-refractivity contribution in [3.8, 4) is 5.69 Å². The number of carbonyl (C=O) groups excluding carboxylic acids is 1. The topological polar surface area (TPSA) is 76.0 Å². The number of piperidine rings is 1. The Hall–Kier alpha value is -2.12. The van der Waals surface area contributed by atoms with E-state index in [1.54, 1.807) is 11.5 Å². The first-order valence-corrected chi connectivity index (χ1v) is 10.9. The molecule has 1 aromatic carbocycles. The molecule has 0 aliphatic carbocycles. The summed E-state index contributed by atoms with van der Waals surface area (Å²) in [5.74, 6) is 0.178. The van der Waals surface area contributed by atoms with Gasteiger partial charge in [0.2, 0.25) is 5.91 Å². The van der Waals surface area contributed by atoms with Gasteiger partial charge in [0.25, 0.3) is 5.56 Å². The van der Waals surface area contributed by atoms with E-state index in [4.69, 9.17) is 0 Å². The number of para-hydroxylation sites is 1. The van der Waals surface area contributed by atoms with Crippen LogP contribution in [0.25, 0.3) is 5.69 Å². The van der Waals surface area contributed by atoms with E-state index in [-0.39, 0.29) is 34.3 Å². The first-order valence-electron chi connectivity index (χ1n) is 9.92. The highest BCUT2D eigenvalue weighted by Gasteiger charge is 2.38. The second-order valence-electron chi connectivity index (χ2n) is 9.04. The van der Waals surface area contributed by atoms with E-state index in [9.17, 15) is 9.59 Å². The molecule has 6 nitrogen and oxygen atoms in total. The number of aromatic nitrogens is 2. The predicted molar refractivity (Wildman–Crippen MR) is 118 cm³/mol. The SMILES string of the molecule is Cc1cc(=O)n(-c2ccccc2)c(SCC(=O)NC2CC(C)(C)NC(C)(C)C2)n1. The summed E-state index contributed by atoms with van der Waals surface area (Å²) < 4.78 is 1.56. The average molecular weight is 415 g/mol. The number of aryl methyl sites for hydroxylation is 1. The van der Waals surface area contributed by atoms with Crippen molar-refractivity contribution in [2.75, 3.05) is 5.75 Å². The van der Waals surface area contributed by atoms with Crippen molar-refractivity contribution in [3.63, 3.8) is 0 Å². The molecule has 1 aromatic heterocycles. The molecule has 0 radical (unpaired) electrons. The average Bonchev–Trinajstić information content (AvgIpc) is 2.57. The molecule has 2 N–H and O–H groups in total. The van der Waals surface area contributed by atoms with Crippen molar-refractivity contribution in [1.29, 1.82) is 0 Å². The number of nitrogens with one attached hydrogen (secondary N) is 2. The number of hydrogen-bond acceptors (Lipinski definition) is 5. The summed E-state index contributed by atoms with van der Waals surface area (Å²) in [6.07, 6.45) is 1.76. The molecular formula is C22H30N4O2S. The molecule has 1 fully saturated rings. The molecule has 0 bridgehead atoms. The van der Waals surface area contributed by atoms with Crippen LogP contribution in [-0.2, 0) is 4.79 Å². The molecule has 156 valence electrons. The third-order valence-corrected chi connectivity index (χ3v) is 5.86. The molecule has 0 unspecified atom stereocenters. The summed E-state index contributed by atoms with van der Waals surface area (Å²) in [6, 6.07) is 11.0. The Bertz CT molecular complexity index is 922. The zero-order valence-corrected chi connectivity index (χ0v) is 18.6. The van der Waals surface area contributed by atoms with Crippen LogP contribution in [0.2, 0.25) is 0 Å². The van der Waals surface area contributed by atoms with Crippen LogP contribution in [0.1, 0.15) is 46.2 Å². The van der Waals surface area contributed by atoms with Gasteiger partial charge >= 0.3 is 0 Å². The number of rotatable bonds is 5. The van der Waals surface area contributed by atoms with Crippen molar-refractivity contribution in [3.05, 3.63) is 52.4 Å². The maximum absolute atomic E-state index is 12.7. The van der Waals surface area contributed by atoms with Gasteiger partial charge in [-0.2, -0.15) is 0 Å². The molecule has 0 saturated carbocycles. The summed E-state index contributed by atoms with van der Waals surface area (Å²) in [5.41, 5.74) is 1.19. The molecule has 1 saturated heterocycles. The van der Waals surface area contributed by atoms with Crippen LogP contribution in [0.5, 0.6) is 0 Å². The minimum atomic E-state index is -0.145. The Balaban J connectivity index is 1.72. The van der Waals surface area contributed by atoms with Crippen LogP contribution in [0.15, 0.2) is 46.3 Å². The molecule has 3 rings (SSSR count). The number of amides is 1. The lowest BCUT2D eigenvalue weighted by molar-refractivity contribution is -0.119. The van der Waals surface area contributed by atoms with E-state index in [2.05, 4.69) is 43.3 Å². The largest absolute Gasteiger partial charge is 0.353 e. The highest BCUT2D eigenvalue weighted by atomic mass is 32.2. The van der Waals surface area contributed by atoms with Crippen LogP contribution in [0.3, 0.4) is 0 Å². The van der Waals surface area contributed by atoms with E-state index in [1.165, 1.54) is 17.8 Å². The summed E-state index contributed by atoms with van der Waals surface area (Å²) >= 11 is 1.29. The van der Waals surface area contributed by atoms with Gasteiger partial charge in [-0.1, -0.05) is 30.0 Å². The maximum atomic E-state index is 12.7. The van der Waals surface area contributed by atoms with Crippen molar-refractivity contribution < 1.29 is 4.79 Å². The zero-order valence-electron chi connectivity index (χ0n) is 17.8. The smallest absolute Gasteiger partial charge is 0.258 e. The van der Waals surface area contributed by atoms with E-state index in [0.29, 0.717) is 10.9 Å². The summed E-state index contributed by atoms with van der Waals surface area (Å²) in [6.45, 7) is 10.4. The lowest BCUT2D eigenvalue weighted by Gasteiger charge is -2.46. The van der Waals surface area contributed by atoms with E-state index < -0.39 is 0 Å². The fraction of sp³-hybridized carbons (Fsp3) is 0.500. The predicted octanol–water partition coefficient (Wildman–Crippen LogP) is 3.06. The third kappa shape index (κ3) is 5.70. The first-order chi connectivity index (χ1) is 13.5. The fourth-order valence-corrected chi connectivity index (χ4v) is 5.18. The van der Waals surface area contributed by atoms with Crippen LogP contribution in [0.4, 0.5) is 0 Å². The van der Waals surface area contributed by atoms with Gasteiger partial charge in [-0.25, -0.2) is 4.98 Å². The van der Waals surface area contributed by atoms with E-state index in [0.717, 1.165) is 18.5 Å². The van der Waals surface area contributed by atoms with Crippen molar-refractivity contribution in [2.24, 2.45) is 0 Å². The monoisotopic (exact) mass is 414 g/mol. The Morgan fingerprint density at radius 2 is 1.83 bits per heavy atom. The highest BCUT2D eigenvalue weighted by molar-refractivity contribution is 7.99. The van der Waals surface area contributed by atoms with Gasteiger partial charge in [-0.05, 0) is 59.6 Å². The summed E-state index contributed by atoms with van der Waals surface area (Å²) in [4.78, 5) is 29.7. The highest BCUT2D eigenvalue weighted by Crippen LogP contribution is 2.28. The van der Waals surface area contributed by atoms with Gasteiger partial charge in [-0.3, -0.25) is 14.2 Å². The summed E-state index contributed by atoms with van der Waals surface area (Å²) in [7, 11) is 0. The number of thioether (sulfide) groups is 1. The third-order valence-electron chi connectivity index (χ3n) is 4.92. The van der Waals surface area contributed by atoms with Crippen molar-refractivity contribution >= 4 is 17.7 Å². The van der Waals surface area contributed by atoms with Gasteiger partial charge in [0, 0.05) is 28.9 Å². The Labute approximate surface area is 176 Å². The maximum Gasteiger partial charge on any atom is 0.258 e. The molecular weight excluding hydrogens is 384 g/mol. The van der Waals surface area contributed by atoms with Crippen LogP contribution >= 0.6 is 11.8 Å². The molecule has 0 atom stereocenters. The molecule has 0 spiro atoms. The molecule has 1 amide bonds. The van der Waals surface area contributed by atoms with E-state index in [1.807, 2.05) is 30.3 Å². The molecule has 1 aliphatic rings. The van der Waals surface area contributed by atoms with E-state index >= 15 is 0 Å². The van der Waals surface area contributed by atoms with Gasteiger partial charge in [-0.15, -0.1) is 0 Å². The molecule has 2 aromatic rings. The normalized spacial score (nSPS) is 18.4. The lowest BCUT2D eigenvalue weighted by atomic mass is 9.79. The lowest BCUT2D eigenvalue weighted by Crippen LogP contribution is -2.62.